The number of rotatable bonds is 8. The van der Waals surface area contributed by atoms with Crippen LogP contribution in [0.4, 0.5) is 14.5 Å². The van der Waals surface area contributed by atoms with Gasteiger partial charge in [-0.15, -0.1) is 0 Å². The van der Waals surface area contributed by atoms with Crippen LogP contribution in [0, 0.1) is 11.6 Å². The molecule has 8 heteroatoms. The van der Waals surface area contributed by atoms with Crippen molar-refractivity contribution < 1.29 is 18.4 Å². The summed E-state index contributed by atoms with van der Waals surface area (Å²) in [6, 6.07) is 10.3. The molecule has 0 aliphatic carbocycles. The van der Waals surface area contributed by atoms with Crippen LogP contribution in [-0.4, -0.2) is 31.4 Å². The van der Waals surface area contributed by atoms with Gasteiger partial charge in [-0.25, -0.2) is 8.78 Å². The minimum Gasteiger partial charge on any atom is -0.372 e. The molecule has 6 nitrogen and oxygen atoms in total. The van der Waals surface area contributed by atoms with Crippen molar-refractivity contribution in [3.8, 4) is 0 Å². The minimum atomic E-state index is -0.945. The lowest BCUT2D eigenvalue weighted by molar-refractivity contribution is -0.121. The highest BCUT2D eigenvalue weighted by molar-refractivity contribution is 5.95. The topological polar surface area (TPSA) is 73.5 Å². The Bertz CT molecular complexity index is 839. The van der Waals surface area contributed by atoms with E-state index < -0.39 is 23.4 Å². The van der Waals surface area contributed by atoms with Crippen molar-refractivity contribution in [1.29, 1.82) is 0 Å². The molecule has 0 fully saturated rings. The number of anilines is 1. The number of amides is 2. The lowest BCUT2D eigenvalue weighted by Gasteiger charge is -2.21. The maximum absolute atomic E-state index is 13.3. The van der Waals surface area contributed by atoms with Crippen LogP contribution in [-0.2, 0) is 4.79 Å². The van der Waals surface area contributed by atoms with Crippen molar-refractivity contribution in [3.05, 3.63) is 65.2 Å². The van der Waals surface area contributed by atoms with Gasteiger partial charge in [-0.3, -0.25) is 20.4 Å². The third-order valence-corrected chi connectivity index (χ3v) is 4.59. The van der Waals surface area contributed by atoms with Crippen molar-refractivity contribution in [3.63, 3.8) is 0 Å². The van der Waals surface area contributed by atoms with Crippen LogP contribution in [0.25, 0.3) is 0 Å². The Balaban J connectivity index is 1.80. The smallest absolute Gasteiger partial charge is 0.269 e. The summed E-state index contributed by atoms with van der Waals surface area (Å²) in [7, 11) is 0. The van der Waals surface area contributed by atoms with Crippen molar-refractivity contribution in [2.24, 2.45) is 0 Å². The lowest BCUT2D eigenvalue weighted by Crippen LogP contribution is -2.45. The molecule has 0 saturated carbocycles. The summed E-state index contributed by atoms with van der Waals surface area (Å²) >= 11 is 0. The molecule has 0 heterocycles. The molecular weight excluding hydrogens is 378 g/mol. The summed E-state index contributed by atoms with van der Waals surface area (Å²) in [6.45, 7) is 7.46. The molecule has 1 atom stereocenters. The molecule has 29 heavy (non-hydrogen) atoms. The predicted octanol–water partition coefficient (Wildman–Crippen LogP) is 2.92. The van der Waals surface area contributed by atoms with E-state index in [0.29, 0.717) is 11.1 Å². The number of halogens is 2. The monoisotopic (exact) mass is 404 g/mol. The van der Waals surface area contributed by atoms with Gasteiger partial charge in [0.25, 0.3) is 11.8 Å². The number of benzene rings is 2. The third kappa shape index (κ3) is 6.25. The lowest BCUT2D eigenvalue weighted by atomic mass is 10.1. The Kier molecular flexibility index (Phi) is 8.09. The van der Waals surface area contributed by atoms with Gasteiger partial charge in [0.1, 0.15) is 0 Å². The zero-order chi connectivity index (χ0) is 21.4. The average Bonchev–Trinajstić information content (AvgIpc) is 2.73. The maximum Gasteiger partial charge on any atom is 0.269 e. The fourth-order valence-corrected chi connectivity index (χ4v) is 2.80. The van der Waals surface area contributed by atoms with Crippen LogP contribution in [0.1, 0.15) is 42.7 Å². The predicted molar refractivity (Wildman–Crippen MR) is 108 cm³/mol. The zero-order valence-corrected chi connectivity index (χ0v) is 16.8. The van der Waals surface area contributed by atoms with E-state index in [-0.39, 0.29) is 12.6 Å². The van der Waals surface area contributed by atoms with Gasteiger partial charge >= 0.3 is 0 Å². The first-order valence-electron chi connectivity index (χ1n) is 9.48. The summed E-state index contributed by atoms with van der Waals surface area (Å²) in [5.74, 6) is -2.77. The molecular formula is C21H26F2N4O2. The number of nitrogens with one attached hydrogen (secondary N) is 3. The van der Waals surface area contributed by atoms with Crippen molar-refractivity contribution in [1.82, 2.24) is 16.2 Å². The second-order valence-electron chi connectivity index (χ2n) is 6.50. The van der Waals surface area contributed by atoms with Gasteiger partial charge in [-0.2, -0.15) is 0 Å². The van der Waals surface area contributed by atoms with Crippen LogP contribution >= 0.6 is 0 Å². The number of hydrogen-bond acceptors (Lipinski definition) is 4. The molecule has 0 bridgehead atoms. The van der Waals surface area contributed by atoms with E-state index in [2.05, 4.69) is 34.9 Å². The molecule has 0 saturated heterocycles. The van der Waals surface area contributed by atoms with Crippen LogP contribution in [0.5, 0.6) is 0 Å². The number of hydrogen-bond donors (Lipinski definition) is 3. The van der Waals surface area contributed by atoms with Gasteiger partial charge in [-0.1, -0.05) is 6.07 Å². The number of carbonyl (C=O) groups excluding carboxylic acids is 2. The Morgan fingerprint density at radius 2 is 1.62 bits per heavy atom. The first-order valence-corrected chi connectivity index (χ1v) is 9.48. The van der Waals surface area contributed by atoms with Gasteiger partial charge in [0, 0.05) is 30.4 Å². The molecule has 3 N–H and O–H groups in total. The molecule has 2 amide bonds. The van der Waals surface area contributed by atoms with E-state index in [4.69, 9.17) is 0 Å². The van der Waals surface area contributed by atoms with Gasteiger partial charge in [-0.05, 0) is 62.7 Å². The van der Waals surface area contributed by atoms with E-state index in [9.17, 15) is 18.4 Å². The third-order valence-electron chi connectivity index (χ3n) is 4.59. The number of carbonyl (C=O) groups is 2. The van der Waals surface area contributed by atoms with Crippen LogP contribution in [0.2, 0.25) is 0 Å². The molecule has 0 aliphatic rings. The second kappa shape index (κ2) is 10.5. The van der Waals surface area contributed by atoms with Gasteiger partial charge in [0.2, 0.25) is 0 Å². The number of hydrazine groups is 1. The molecule has 0 unspecified atom stereocenters. The van der Waals surface area contributed by atoms with E-state index in [1.54, 1.807) is 19.1 Å². The fourth-order valence-electron chi connectivity index (χ4n) is 2.80. The standard InChI is InChI=1S/C21H26F2N4O2/c1-4-27(5-2)17-9-6-15(7-10-17)21(29)26-25-20(28)13-24-14(3)16-8-11-18(22)19(23)12-16/h6-12,14,24H,4-5,13H2,1-3H3,(H,25,28)(H,26,29)/t14-/m0/s1. The van der Waals surface area contributed by atoms with Crippen molar-refractivity contribution in [2.45, 2.75) is 26.8 Å². The Hall–Kier alpha value is -3.00. The summed E-state index contributed by atoms with van der Waals surface area (Å²) in [5, 5.41) is 2.88. The van der Waals surface area contributed by atoms with E-state index in [1.807, 2.05) is 12.1 Å². The molecule has 0 aromatic heterocycles. The second-order valence-corrected chi connectivity index (χ2v) is 6.50. The average molecular weight is 404 g/mol. The Morgan fingerprint density at radius 3 is 2.21 bits per heavy atom. The normalized spacial score (nSPS) is 11.6. The van der Waals surface area contributed by atoms with Gasteiger partial charge in [0.15, 0.2) is 11.6 Å². The maximum atomic E-state index is 13.3. The van der Waals surface area contributed by atoms with Crippen molar-refractivity contribution in [2.75, 3.05) is 24.5 Å². The zero-order valence-electron chi connectivity index (χ0n) is 16.8. The molecule has 156 valence electrons. The Morgan fingerprint density at radius 1 is 0.966 bits per heavy atom. The first-order chi connectivity index (χ1) is 13.8. The molecule has 0 radical (unpaired) electrons. The SMILES string of the molecule is CCN(CC)c1ccc(C(=O)NNC(=O)CN[C@@H](C)c2ccc(F)c(F)c2)cc1. The highest BCUT2D eigenvalue weighted by Gasteiger charge is 2.12. The fraction of sp³-hybridized carbons (Fsp3) is 0.333. The highest BCUT2D eigenvalue weighted by atomic mass is 19.2. The van der Waals surface area contributed by atoms with Crippen LogP contribution in [0.3, 0.4) is 0 Å². The summed E-state index contributed by atoms with van der Waals surface area (Å²) in [5.41, 5.74) is 6.62. The van der Waals surface area contributed by atoms with E-state index >= 15 is 0 Å². The summed E-state index contributed by atoms with van der Waals surface area (Å²) < 4.78 is 26.3. The summed E-state index contributed by atoms with van der Waals surface area (Å²) in [4.78, 5) is 26.2. The van der Waals surface area contributed by atoms with E-state index in [1.165, 1.54) is 6.07 Å². The molecule has 2 rings (SSSR count). The molecule has 2 aromatic carbocycles. The van der Waals surface area contributed by atoms with Crippen LogP contribution in [0.15, 0.2) is 42.5 Å². The highest BCUT2D eigenvalue weighted by Crippen LogP contribution is 2.16. The van der Waals surface area contributed by atoms with Crippen molar-refractivity contribution >= 4 is 17.5 Å². The molecule has 2 aromatic rings. The molecule has 0 spiro atoms. The quantitative estimate of drug-likeness (QED) is 0.592. The Labute approximate surface area is 169 Å². The number of nitrogens with zero attached hydrogens (tertiary/aromatic N) is 1. The van der Waals surface area contributed by atoms with Crippen LogP contribution < -0.4 is 21.1 Å². The minimum absolute atomic E-state index is 0.110. The molecule has 0 aliphatic heterocycles. The first kappa shape index (κ1) is 22.3. The van der Waals surface area contributed by atoms with Gasteiger partial charge in [0.05, 0.1) is 6.54 Å². The van der Waals surface area contributed by atoms with E-state index in [0.717, 1.165) is 30.9 Å². The largest absolute Gasteiger partial charge is 0.372 e. The summed E-state index contributed by atoms with van der Waals surface area (Å²) in [6.07, 6.45) is 0. The van der Waals surface area contributed by atoms with Gasteiger partial charge < -0.3 is 10.2 Å².